The second-order valence-corrected chi connectivity index (χ2v) is 4.31. The van der Waals surface area contributed by atoms with Crippen molar-refractivity contribution in [3.05, 3.63) is 36.7 Å². The molecule has 7 heteroatoms. The van der Waals surface area contributed by atoms with E-state index >= 15 is 0 Å². The van der Waals surface area contributed by atoms with Gasteiger partial charge in [0.25, 0.3) is 0 Å². The average molecular weight is 293 g/mol. The lowest BCUT2D eigenvalue weighted by Crippen LogP contribution is -2.27. The maximum Gasteiger partial charge on any atom is 0.328 e. The van der Waals surface area contributed by atoms with Gasteiger partial charge in [-0.2, -0.15) is 0 Å². The van der Waals surface area contributed by atoms with Gasteiger partial charge < -0.3 is 20.4 Å². The number of hydrogen-bond donors (Lipinski definition) is 3. The van der Waals surface area contributed by atoms with Gasteiger partial charge >= 0.3 is 11.9 Å². The van der Waals surface area contributed by atoms with Crippen molar-refractivity contribution in [1.29, 1.82) is 0 Å². The van der Waals surface area contributed by atoms with Crippen molar-refractivity contribution in [2.45, 2.75) is 6.42 Å². The molecule has 0 unspecified atom stereocenters. The fraction of sp³-hybridized carbons (Fsp3) is 0.357. The van der Waals surface area contributed by atoms with E-state index in [9.17, 15) is 9.59 Å². The second kappa shape index (κ2) is 9.49. The van der Waals surface area contributed by atoms with Crippen LogP contribution in [0.1, 0.15) is 6.42 Å². The first kappa shape index (κ1) is 16.6. The fourth-order valence-electron chi connectivity index (χ4n) is 1.79. The van der Waals surface area contributed by atoms with Crippen molar-refractivity contribution in [2.24, 2.45) is 0 Å². The summed E-state index contributed by atoms with van der Waals surface area (Å²) in [4.78, 5) is 25.6. The van der Waals surface area contributed by atoms with Crippen molar-refractivity contribution in [3.8, 4) is 0 Å². The number of anilines is 1. The SMILES string of the molecule is O=C(O)/C=C/C(=O)O.c1cncc(N2CCCNCC2)c1. The van der Waals surface area contributed by atoms with E-state index in [1.54, 1.807) is 0 Å². The Morgan fingerprint density at radius 3 is 2.48 bits per heavy atom. The molecule has 2 rings (SSSR count). The number of aromatic nitrogens is 1. The fourth-order valence-corrected chi connectivity index (χ4v) is 1.79. The molecule has 1 fully saturated rings. The summed E-state index contributed by atoms with van der Waals surface area (Å²) in [6.07, 6.45) is 6.09. The van der Waals surface area contributed by atoms with E-state index < -0.39 is 11.9 Å². The Morgan fingerprint density at radius 1 is 1.19 bits per heavy atom. The first-order valence-electron chi connectivity index (χ1n) is 6.59. The van der Waals surface area contributed by atoms with Crippen molar-refractivity contribution in [2.75, 3.05) is 31.1 Å². The number of nitrogens with one attached hydrogen (secondary N) is 1. The lowest BCUT2D eigenvalue weighted by Gasteiger charge is -2.21. The molecule has 7 nitrogen and oxygen atoms in total. The number of carbonyl (C=O) groups is 2. The van der Waals surface area contributed by atoms with Crippen LogP contribution in [0.5, 0.6) is 0 Å². The number of aliphatic carboxylic acids is 2. The van der Waals surface area contributed by atoms with Gasteiger partial charge in [0.15, 0.2) is 0 Å². The number of rotatable bonds is 3. The highest BCUT2D eigenvalue weighted by atomic mass is 16.4. The third-order valence-corrected chi connectivity index (χ3v) is 2.72. The number of hydrogen-bond acceptors (Lipinski definition) is 5. The van der Waals surface area contributed by atoms with Gasteiger partial charge in [0.05, 0.1) is 11.9 Å². The minimum Gasteiger partial charge on any atom is -0.478 e. The molecule has 1 aliphatic heterocycles. The van der Waals surface area contributed by atoms with Crippen LogP contribution in [0, 0.1) is 0 Å². The largest absolute Gasteiger partial charge is 0.478 e. The Balaban J connectivity index is 0.000000240. The highest BCUT2D eigenvalue weighted by molar-refractivity contribution is 5.89. The molecule has 0 spiro atoms. The first-order chi connectivity index (χ1) is 10.1. The van der Waals surface area contributed by atoms with Crippen molar-refractivity contribution in [1.82, 2.24) is 10.3 Å². The lowest BCUT2D eigenvalue weighted by molar-refractivity contribution is -0.134. The maximum absolute atomic E-state index is 9.55. The standard InChI is InChI=1S/C10H15N3.C4H4O4/c1-3-10(9-12-4-1)13-7-2-5-11-6-8-13;5-3(6)1-2-4(7)8/h1,3-4,9,11H,2,5-8H2;1-2H,(H,5,6)(H,7,8)/b;2-1+. The monoisotopic (exact) mass is 293 g/mol. The van der Waals surface area contributed by atoms with Crippen molar-refractivity contribution < 1.29 is 19.8 Å². The Morgan fingerprint density at radius 2 is 1.90 bits per heavy atom. The summed E-state index contributed by atoms with van der Waals surface area (Å²) in [7, 11) is 0. The zero-order valence-corrected chi connectivity index (χ0v) is 11.6. The van der Waals surface area contributed by atoms with Crippen LogP contribution < -0.4 is 10.2 Å². The van der Waals surface area contributed by atoms with Crippen LogP contribution in [0.25, 0.3) is 0 Å². The van der Waals surface area contributed by atoms with E-state index in [1.807, 2.05) is 18.5 Å². The zero-order chi connectivity index (χ0) is 15.5. The third-order valence-electron chi connectivity index (χ3n) is 2.72. The number of carboxylic acids is 2. The topological polar surface area (TPSA) is 103 Å². The van der Waals surface area contributed by atoms with E-state index in [0.717, 1.165) is 26.2 Å². The molecule has 0 amide bonds. The van der Waals surface area contributed by atoms with Gasteiger partial charge in [-0.25, -0.2) is 9.59 Å². The normalized spacial score (nSPS) is 15.0. The van der Waals surface area contributed by atoms with Crippen LogP contribution in [0.2, 0.25) is 0 Å². The third kappa shape index (κ3) is 7.68. The molecule has 0 saturated carbocycles. The molecule has 1 aliphatic rings. The quantitative estimate of drug-likeness (QED) is 0.701. The molecule has 21 heavy (non-hydrogen) atoms. The van der Waals surface area contributed by atoms with E-state index in [1.165, 1.54) is 12.1 Å². The minimum atomic E-state index is -1.26. The maximum atomic E-state index is 9.55. The summed E-state index contributed by atoms with van der Waals surface area (Å²) >= 11 is 0. The van der Waals surface area contributed by atoms with Crippen LogP contribution in [0.3, 0.4) is 0 Å². The van der Waals surface area contributed by atoms with Crippen molar-refractivity contribution >= 4 is 17.6 Å². The molecular weight excluding hydrogens is 274 g/mol. The molecule has 0 aromatic carbocycles. The minimum absolute atomic E-state index is 0.558. The molecule has 0 atom stereocenters. The highest BCUT2D eigenvalue weighted by Gasteiger charge is 2.08. The number of pyridine rings is 1. The van der Waals surface area contributed by atoms with Gasteiger partial charge in [0, 0.05) is 38.0 Å². The molecule has 0 aliphatic carbocycles. The Kier molecular flexibility index (Phi) is 7.52. The molecular formula is C14H19N3O4. The second-order valence-electron chi connectivity index (χ2n) is 4.31. The van der Waals surface area contributed by atoms with Gasteiger partial charge in [-0.05, 0) is 25.1 Å². The Labute approximate surface area is 122 Å². The molecule has 1 aromatic heterocycles. The van der Waals surface area contributed by atoms with E-state index in [4.69, 9.17) is 10.2 Å². The van der Waals surface area contributed by atoms with E-state index in [2.05, 4.69) is 21.3 Å². The van der Waals surface area contributed by atoms with Gasteiger partial charge in [0.2, 0.25) is 0 Å². The summed E-state index contributed by atoms with van der Waals surface area (Å²) in [5, 5.41) is 19.0. The van der Waals surface area contributed by atoms with Crippen LogP contribution in [0.4, 0.5) is 5.69 Å². The number of nitrogens with zero attached hydrogens (tertiary/aromatic N) is 2. The smallest absolute Gasteiger partial charge is 0.328 e. The van der Waals surface area contributed by atoms with Crippen LogP contribution in [-0.4, -0.2) is 53.3 Å². The molecule has 0 bridgehead atoms. The molecule has 1 aromatic rings. The molecule has 1 saturated heterocycles. The summed E-state index contributed by atoms with van der Waals surface area (Å²) < 4.78 is 0. The molecule has 0 radical (unpaired) electrons. The van der Waals surface area contributed by atoms with E-state index in [-0.39, 0.29) is 0 Å². The molecule has 3 N–H and O–H groups in total. The van der Waals surface area contributed by atoms with Crippen LogP contribution >= 0.6 is 0 Å². The van der Waals surface area contributed by atoms with Crippen LogP contribution in [0.15, 0.2) is 36.7 Å². The zero-order valence-electron chi connectivity index (χ0n) is 11.6. The Bertz CT molecular complexity index is 452. The van der Waals surface area contributed by atoms with Gasteiger partial charge in [-0.1, -0.05) is 0 Å². The van der Waals surface area contributed by atoms with Gasteiger partial charge in [-0.15, -0.1) is 0 Å². The summed E-state index contributed by atoms with van der Waals surface area (Å²) in [6, 6.07) is 4.12. The Hall–Kier alpha value is -2.41. The highest BCUT2D eigenvalue weighted by Crippen LogP contribution is 2.12. The van der Waals surface area contributed by atoms with Gasteiger partial charge in [-0.3, -0.25) is 4.98 Å². The predicted molar refractivity (Wildman–Crippen MR) is 78.3 cm³/mol. The van der Waals surface area contributed by atoms with Crippen molar-refractivity contribution in [3.63, 3.8) is 0 Å². The molecule has 2 heterocycles. The average Bonchev–Trinajstić information content (AvgIpc) is 2.76. The lowest BCUT2D eigenvalue weighted by atomic mass is 10.3. The number of carboxylic acid groups (broad SMARTS) is 2. The molecule has 114 valence electrons. The summed E-state index contributed by atoms with van der Waals surface area (Å²) in [6.45, 7) is 4.44. The van der Waals surface area contributed by atoms with E-state index in [0.29, 0.717) is 12.2 Å². The van der Waals surface area contributed by atoms with Crippen LogP contribution in [-0.2, 0) is 9.59 Å². The summed E-state index contributed by atoms with van der Waals surface area (Å²) in [5.74, 6) is -2.51. The summed E-state index contributed by atoms with van der Waals surface area (Å²) in [5.41, 5.74) is 1.24. The van der Waals surface area contributed by atoms with Gasteiger partial charge in [0.1, 0.15) is 0 Å². The predicted octanol–water partition coefficient (Wildman–Crippen LogP) is 0.593. The first-order valence-corrected chi connectivity index (χ1v) is 6.59.